The van der Waals surface area contributed by atoms with Gasteiger partial charge in [0, 0.05) is 44.2 Å². The summed E-state index contributed by atoms with van der Waals surface area (Å²) in [7, 11) is 0. The summed E-state index contributed by atoms with van der Waals surface area (Å²) < 4.78 is 7.74. The van der Waals surface area contributed by atoms with Gasteiger partial charge in [0.25, 0.3) is 0 Å². The normalized spacial score (nSPS) is 15.8. The van der Waals surface area contributed by atoms with E-state index >= 15 is 0 Å². The van der Waals surface area contributed by atoms with Crippen molar-refractivity contribution in [1.29, 1.82) is 0 Å². The second-order valence-corrected chi connectivity index (χ2v) is 7.72. The number of nitrogens with zero attached hydrogens (tertiary/aromatic N) is 3. The second kappa shape index (κ2) is 9.37. The molecule has 1 aromatic carbocycles. The summed E-state index contributed by atoms with van der Waals surface area (Å²) >= 11 is 0. The predicted octanol–water partition coefficient (Wildman–Crippen LogP) is 3.83. The van der Waals surface area contributed by atoms with E-state index in [-0.39, 0.29) is 0 Å². The van der Waals surface area contributed by atoms with Crippen LogP contribution in [0, 0.1) is 0 Å². The Bertz CT molecular complexity index is 988. The number of unbranched alkanes of at least 4 members (excludes halogenated alkanes) is 1. The Morgan fingerprint density at radius 3 is 2.86 bits per heavy atom. The zero-order valence-electron chi connectivity index (χ0n) is 17.2. The summed E-state index contributed by atoms with van der Waals surface area (Å²) in [5.41, 5.74) is 9.11. The van der Waals surface area contributed by atoms with Crippen LogP contribution in [-0.4, -0.2) is 40.3 Å². The minimum absolute atomic E-state index is 0.514. The van der Waals surface area contributed by atoms with Gasteiger partial charge in [0.2, 0.25) is 0 Å². The number of nitrogens with one attached hydrogen (secondary N) is 1. The number of allylic oxidation sites excluding steroid dienone is 1. The van der Waals surface area contributed by atoms with Gasteiger partial charge in [-0.25, -0.2) is 9.97 Å². The molecule has 6 nitrogen and oxygen atoms in total. The highest BCUT2D eigenvalue weighted by Gasteiger charge is 2.16. The van der Waals surface area contributed by atoms with Gasteiger partial charge in [-0.2, -0.15) is 0 Å². The molecule has 2 aromatic heterocycles. The third kappa shape index (κ3) is 4.43. The Morgan fingerprint density at radius 1 is 1.21 bits per heavy atom. The van der Waals surface area contributed by atoms with E-state index in [0.717, 1.165) is 86.2 Å². The van der Waals surface area contributed by atoms with Crippen LogP contribution in [0.3, 0.4) is 0 Å². The molecule has 0 radical (unpaired) electrons. The minimum atomic E-state index is 0.514. The highest BCUT2D eigenvalue weighted by Crippen LogP contribution is 2.29. The zero-order chi connectivity index (χ0) is 20.1. The Balaban J connectivity index is 1.59. The molecule has 1 saturated heterocycles. The number of rotatable bonds is 8. The molecule has 154 valence electrons. The van der Waals surface area contributed by atoms with E-state index in [0.29, 0.717) is 11.9 Å². The number of anilines is 1. The van der Waals surface area contributed by atoms with Crippen LogP contribution in [-0.2, 0) is 17.7 Å². The van der Waals surface area contributed by atoms with Crippen molar-refractivity contribution in [2.75, 3.05) is 25.5 Å². The van der Waals surface area contributed by atoms with Gasteiger partial charge >= 0.3 is 0 Å². The smallest absolute Gasteiger partial charge is 0.152 e. The van der Waals surface area contributed by atoms with E-state index in [2.05, 4.69) is 46.1 Å². The lowest BCUT2D eigenvalue weighted by atomic mass is 10.1. The third-order valence-corrected chi connectivity index (χ3v) is 5.64. The summed E-state index contributed by atoms with van der Waals surface area (Å²) in [5, 5.41) is 4.72. The van der Waals surface area contributed by atoms with Crippen molar-refractivity contribution in [2.45, 2.75) is 51.6 Å². The first kappa shape index (κ1) is 19.9. The number of aryl methyl sites for hydroxylation is 1. The maximum Gasteiger partial charge on any atom is 0.152 e. The maximum absolute atomic E-state index is 6.27. The van der Waals surface area contributed by atoms with E-state index in [1.54, 1.807) is 0 Å². The Kier molecular flexibility index (Phi) is 6.42. The summed E-state index contributed by atoms with van der Waals surface area (Å²) in [4.78, 5) is 9.45. The maximum atomic E-state index is 6.27. The van der Waals surface area contributed by atoms with Crippen LogP contribution in [0.2, 0.25) is 0 Å². The van der Waals surface area contributed by atoms with Crippen molar-refractivity contribution >= 4 is 27.8 Å². The highest BCUT2D eigenvalue weighted by molar-refractivity contribution is 6.06. The van der Waals surface area contributed by atoms with E-state index < -0.39 is 0 Å². The van der Waals surface area contributed by atoms with E-state index in [1.165, 1.54) is 0 Å². The lowest BCUT2D eigenvalue weighted by molar-refractivity contribution is 0.0789. The molecule has 0 saturated carbocycles. The Morgan fingerprint density at radius 2 is 2.03 bits per heavy atom. The van der Waals surface area contributed by atoms with E-state index in [9.17, 15) is 0 Å². The fraction of sp³-hybridized carbons (Fsp3) is 0.478. The van der Waals surface area contributed by atoms with Crippen LogP contribution in [0.5, 0.6) is 0 Å². The van der Waals surface area contributed by atoms with E-state index in [4.69, 9.17) is 15.5 Å². The minimum Gasteiger partial charge on any atom is -0.382 e. The SMILES string of the molecule is CCCCc1nc2c(N)nc3ccccc3c2n1C/C=C/CNC1CCOCC1. The third-order valence-electron chi connectivity index (χ3n) is 5.64. The van der Waals surface area contributed by atoms with Gasteiger partial charge < -0.3 is 20.4 Å². The van der Waals surface area contributed by atoms with Crippen LogP contribution < -0.4 is 11.1 Å². The fourth-order valence-electron chi connectivity index (χ4n) is 4.03. The summed E-state index contributed by atoms with van der Waals surface area (Å²) in [6, 6.07) is 8.75. The molecule has 0 amide bonds. The van der Waals surface area contributed by atoms with Crippen molar-refractivity contribution < 1.29 is 4.74 Å². The van der Waals surface area contributed by atoms with Gasteiger partial charge in [-0.05, 0) is 25.3 Å². The molecule has 1 aliphatic heterocycles. The van der Waals surface area contributed by atoms with Crippen molar-refractivity contribution in [3.8, 4) is 0 Å². The van der Waals surface area contributed by atoms with Gasteiger partial charge in [0.1, 0.15) is 11.3 Å². The fourth-order valence-corrected chi connectivity index (χ4v) is 4.03. The first-order valence-electron chi connectivity index (χ1n) is 10.8. The average Bonchev–Trinajstić information content (AvgIpc) is 3.12. The Hall–Kier alpha value is -2.44. The monoisotopic (exact) mass is 393 g/mol. The number of imidazole rings is 1. The van der Waals surface area contributed by atoms with Crippen LogP contribution in [0.4, 0.5) is 5.82 Å². The van der Waals surface area contributed by atoms with Gasteiger partial charge in [-0.3, -0.25) is 0 Å². The van der Waals surface area contributed by atoms with Crippen molar-refractivity contribution in [3.63, 3.8) is 0 Å². The molecule has 3 heterocycles. The molecule has 0 bridgehead atoms. The lowest BCUT2D eigenvalue weighted by Crippen LogP contribution is -2.34. The summed E-state index contributed by atoms with van der Waals surface area (Å²) in [6.45, 7) is 5.61. The molecule has 0 atom stereocenters. The van der Waals surface area contributed by atoms with Crippen LogP contribution in [0.25, 0.3) is 21.9 Å². The van der Waals surface area contributed by atoms with Crippen molar-refractivity contribution in [2.24, 2.45) is 0 Å². The number of pyridine rings is 1. The number of nitrogens with two attached hydrogens (primary N) is 1. The molecule has 0 unspecified atom stereocenters. The van der Waals surface area contributed by atoms with Gasteiger partial charge in [-0.1, -0.05) is 43.7 Å². The molecule has 0 spiro atoms. The highest BCUT2D eigenvalue weighted by atomic mass is 16.5. The topological polar surface area (TPSA) is 78.0 Å². The molecule has 4 rings (SSSR count). The molecule has 29 heavy (non-hydrogen) atoms. The largest absolute Gasteiger partial charge is 0.382 e. The van der Waals surface area contributed by atoms with E-state index in [1.807, 2.05) is 12.1 Å². The number of ether oxygens (including phenoxy) is 1. The van der Waals surface area contributed by atoms with Crippen molar-refractivity contribution in [1.82, 2.24) is 19.9 Å². The molecule has 1 aliphatic rings. The first-order valence-corrected chi connectivity index (χ1v) is 10.8. The number of fused-ring (bicyclic) bond motifs is 3. The van der Waals surface area contributed by atoms with Crippen LogP contribution >= 0.6 is 0 Å². The molecule has 6 heteroatoms. The van der Waals surface area contributed by atoms with Gasteiger partial charge in [0.05, 0.1) is 11.0 Å². The number of benzene rings is 1. The summed E-state index contributed by atoms with van der Waals surface area (Å²) in [5.74, 6) is 1.61. The standard InChI is InChI=1S/C23H31N5O/c1-2-3-10-20-27-21-22(18-8-4-5-9-19(18)26-23(21)24)28(20)14-7-6-13-25-17-11-15-29-16-12-17/h4-9,17,25H,2-3,10-16H2,1H3,(H2,24,26)/b7-6+. The second-order valence-electron chi connectivity index (χ2n) is 7.72. The quantitative estimate of drug-likeness (QED) is 0.569. The average molecular weight is 394 g/mol. The van der Waals surface area contributed by atoms with Crippen LogP contribution in [0.15, 0.2) is 36.4 Å². The molecular weight excluding hydrogens is 362 g/mol. The summed E-state index contributed by atoms with van der Waals surface area (Å²) in [6.07, 6.45) is 9.85. The number of hydrogen-bond acceptors (Lipinski definition) is 5. The number of hydrogen-bond donors (Lipinski definition) is 2. The molecule has 0 aliphatic carbocycles. The predicted molar refractivity (Wildman–Crippen MR) is 119 cm³/mol. The number of aromatic nitrogens is 3. The number of nitrogen functional groups attached to an aromatic ring is 1. The first-order chi connectivity index (χ1) is 14.3. The van der Waals surface area contributed by atoms with Crippen molar-refractivity contribution in [3.05, 3.63) is 42.2 Å². The number of para-hydroxylation sites is 1. The lowest BCUT2D eigenvalue weighted by Gasteiger charge is -2.22. The van der Waals surface area contributed by atoms with Gasteiger partial charge in [0.15, 0.2) is 5.82 Å². The molecule has 3 N–H and O–H groups in total. The molecule has 3 aromatic rings. The molecular formula is C23H31N5O. The van der Waals surface area contributed by atoms with Crippen LogP contribution in [0.1, 0.15) is 38.4 Å². The molecule has 1 fully saturated rings. The van der Waals surface area contributed by atoms with Gasteiger partial charge in [-0.15, -0.1) is 0 Å². The zero-order valence-corrected chi connectivity index (χ0v) is 17.2. The Labute approximate surface area is 172 Å².